The highest BCUT2D eigenvalue weighted by Gasteiger charge is 2.39. The zero-order valence-corrected chi connectivity index (χ0v) is 12.8. The van der Waals surface area contributed by atoms with Crippen molar-refractivity contribution in [3.8, 4) is 0 Å². The number of quaternary nitrogens is 1. The third-order valence-electron chi connectivity index (χ3n) is 2.30. The van der Waals surface area contributed by atoms with Crippen LogP contribution >= 0.6 is 46.4 Å². The average Bonchev–Trinajstić information content (AvgIpc) is 2.24. The summed E-state index contributed by atoms with van der Waals surface area (Å²) in [6.45, 7) is 0. The van der Waals surface area contributed by atoms with Crippen LogP contribution in [0.4, 0.5) is 0 Å². The van der Waals surface area contributed by atoms with E-state index in [2.05, 4.69) is 5.32 Å². The highest BCUT2D eigenvalue weighted by Crippen LogP contribution is 2.28. The zero-order valence-electron chi connectivity index (χ0n) is 9.81. The molecule has 0 radical (unpaired) electrons. The van der Waals surface area contributed by atoms with Crippen LogP contribution in [0.25, 0.3) is 0 Å². The van der Waals surface area contributed by atoms with Crippen molar-refractivity contribution in [3.05, 3.63) is 34.9 Å². The largest absolute Gasteiger partial charge is 0.317 e. The molecule has 0 saturated heterocycles. The van der Waals surface area contributed by atoms with E-state index >= 15 is 0 Å². The molecule has 7 heteroatoms. The van der Waals surface area contributed by atoms with Gasteiger partial charge in [0, 0.05) is 0 Å². The van der Waals surface area contributed by atoms with Gasteiger partial charge in [-0.2, -0.15) is 0 Å². The van der Waals surface area contributed by atoms with E-state index in [4.69, 9.17) is 46.4 Å². The molecule has 1 atom stereocenters. The molecule has 0 fully saturated rings. The summed E-state index contributed by atoms with van der Waals surface area (Å²) in [6, 6.07) is 6.69. The van der Waals surface area contributed by atoms with Gasteiger partial charge in [0.2, 0.25) is 6.17 Å². The van der Waals surface area contributed by atoms with Gasteiger partial charge in [-0.05, 0) is 12.1 Å². The summed E-state index contributed by atoms with van der Waals surface area (Å²) in [6.07, 6.45) is -0.675. The molecule has 0 aliphatic carbocycles. The standard InChI is InChI=1S/C11H12Cl4N2O/c1-17(2)10(11(13,14)15)16-9(18)7-5-3-4-6-8(7)12/h3-6,10H,1-2H3,(H,16,18)/p+1/t10-/m0/s1. The van der Waals surface area contributed by atoms with E-state index in [9.17, 15) is 4.79 Å². The first kappa shape index (κ1) is 15.9. The van der Waals surface area contributed by atoms with Gasteiger partial charge < -0.3 is 4.90 Å². The summed E-state index contributed by atoms with van der Waals surface area (Å²) >= 11 is 23.4. The van der Waals surface area contributed by atoms with Gasteiger partial charge in [0.25, 0.3) is 9.70 Å². The second-order valence-electron chi connectivity index (χ2n) is 4.01. The number of carbonyl (C=O) groups excluding carboxylic acids is 1. The first-order valence-corrected chi connectivity index (χ1v) is 6.67. The second-order valence-corrected chi connectivity index (χ2v) is 6.78. The number of rotatable bonds is 3. The minimum Gasteiger partial charge on any atom is -0.317 e. The maximum absolute atomic E-state index is 12.0. The Kier molecular flexibility index (Phi) is 5.56. The average molecular weight is 331 g/mol. The van der Waals surface area contributed by atoms with Crippen molar-refractivity contribution in [1.82, 2.24) is 5.32 Å². The predicted octanol–water partition coefficient (Wildman–Crippen LogP) is 1.91. The molecule has 100 valence electrons. The first-order valence-electron chi connectivity index (χ1n) is 5.15. The van der Waals surface area contributed by atoms with Crippen LogP contribution in [0.2, 0.25) is 5.02 Å². The molecule has 0 heterocycles. The van der Waals surface area contributed by atoms with Crippen molar-refractivity contribution < 1.29 is 9.69 Å². The Balaban J connectivity index is 2.90. The van der Waals surface area contributed by atoms with Gasteiger partial charge in [-0.15, -0.1) is 0 Å². The molecule has 1 amide bonds. The zero-order chi connectivity index (χ0) is 13.9. The molecule has 1 aromatic carbocycles. The fourth-order valence-electron chi connectivity index (χ4n) is 1.41. The molecule has 2 N–H and O–H groups in total. The van der Waals surface area contributed by atoms with Crippen molar-refractivity contribution >= 4 is 52.3 Å². The third kappa shape index (κ3) is 4.18. The molecule has 3 nitrogen and oxygen atoms in total. The van der Waals surface area contributed by atoms with E-state index in [0.29, 0.717) is 10.6 Å². The quantitative estimate of drug-likeness (QED) is 0.644. The van der Waals surface area contributed by atoms with Crippen LogP contribution in [0.1, 0.15) is 10.4 Å². The van der Waals surface area contributed by atoms with Crippen LogP contribution in [0.15, 0.2) is 24.3 Å². The molecule has 18 heavy (non-hydrogen) atoms. The Hall–Kier alpha value is -0.190. The van der Waals surface area contributed by atoms with E-state index in [1.807, 2.05) is 0 Å². The van der Waals surface area contributed by atoms with E-state index in [1.165, 1.54) is 0 Å². The maximum Gasteiger partial charge on any atom is 0.262 e. The number of alkyl halides is 3. The van der Waals surface area contributed by atoms with Crippen molar-refractivity contribution in [2.75, 3.05) is 14.1 Å². The fourth-order valence-corrected chi connectivity index (χ4v) is 2.45. The number of hydrogen-bond acceptors (Lipinski definition) is 1. The van der Waals surface area contributed by atoms with Gasteiger partial charge in [0.15, 0.2) is 0 Å². The van der Waals surface area contributed by atoms with Gasteiger partial charge in [-0.3, -0.25) is 10.1 Å². The summed E-state index contributed by atoms with van der Waals surface area (Å²) < 4.78 is -1.60. The number of benzene rings is 1. The lowest BCUT2D eigenvalue weighted by atomic mass is 10.2. The lowest BCUT2D eigenvalue weighted by Gasteiger charge is -2.28. The molecule has 1 rings (SSSR count). The van der Waals surface area contributed by atoms with Gasteiger partial charge >= 0.3 is 0 Å². The van der Waals surface area contributed by atoms with E-state index in [0.717, 1.165) is 4.90 Å². The normalized spacial score (nSPS) is 13.5. The Morgan fingerprint density at radius 2 is 1.83 bits per heavy atom. The summed E-state index contributed by atoms with van der Waals surface area (Å²) in [5.74, 6) is -0.377. The second kappa shape index (κ2) is 6.31. The third-order valence-corrected chi connectivity index (χ3v) is 3.28. The lowest BCUT2D eigenvalue weighted by molar-refractivity contribution is -0.887. The van der Waals surface area contributed by atoms with Gasteiger partial charge in [0.1, 0.15) is 0 Å². The van der Waals surface area contributed by atoms with Crippen LogP contribution in [0.5, 0.6) is 0 Å². The van der Waals surface area contributed by atoms with Crippen LogP contribution in [-0.4, -0.2) is 30.0 Å². The molecular weight excluding hydrogens is 318 g/mol. The monoisotopic (exact) mass is 329 g/mol. The molecule has 0 aliphatic heterocycles. The van der Waals surface area contributed by atoms with E-state index in [1.54, 1.807) is 38.4 Å². The van der Waals surface area contributed by atoms with Gasteiger partial charge in [0.05, 0.1) is 24.7 Å². The summed E-state index contributed by atoms with van der Waals surface area (Å²) in [4.78, 5) is 12.8. The minimum atomic E-state index is -1.60. The molecule has 0 saturated carbocycles. The first-order chi connectivity index (χ1) is 8.23. The van der Waals surface area contributed by atoms with Crippen LogP contribution in [0.3, 0.4) is 0 Å². The van der Waals surface area contributed by atoms with Crippen molar-refractivity contribution in [3.63, 3.8) is 0 Å². The SMILES string of the molecule is C[NH+](C)[C@H](NC(=O)c1ccccc1Cl)C(Cl)(Cl)Cl. The molecule has 0 unspecified atom stereocenters. The molecule has 0 spiro atoms. The van der Waals surface area contributed by atoms with Crippen LogP contribution in [-0.2, 0) is 0 Å². The van der Waals surface area contributed by atoms with Gasteiger partial charge in [-0.1, -0.05) is 58.5 Å². The Morgan fingerprint density at radius 3 is 2.28 bits per heavy atom. The number of halogens is 4. The lowest BCUT2D eigenvalue weighted by Crippen LogP contribution is -3.14. The van der Waals surface area contributed by atoms with Crippen molar-refractivity contribution in [2.24, 2.45) is 0 Å². The molecular formula is C11H13Cl4N2O+. The highest BCUT2D eigenvalue weighted by molar-refractivity contribution is 6.68. The topological polar surface area (TPSA) is 33.5 Å². The minimum absolute atomic E-state index is 0.347. The Labute approximate surface area is 126 Å². The fraction of sp³-hybridized carbons (Fsp3) is 0.364. The Morgan fingerprint density at radius 1 is 1.28 bits per heavy atom. The van der Waals surface area contributed by atoms with Crippen LogP contribution in [0, 0.1) is 0 Å². The highest BCUT2D eigenvalue weighted by atomic mass is 35.6. The summed E-state index contributed by atoms with van der Waals surface area (Å²) in [5, 5.41) is 3.01. The van der Waals surface area contributed by atoms with Crippen molar-refractivity contribution in [2.45, 2.75) is 9.96 Å². The smallest absolute Gasteiger partial charge is 0.262 e. The number of carbonyl (C=O) groups is 1. The Bertz CT molecular complexity index is 431. The molecule has 0 aliphatic rings. The number of nitrogens with one attached hydrogen (secondary N) is 2. The van der Waals surface area contributed by atoms with Gasteiger partial charge in [-0.25, -0.2) is 0 Å². The molecule has 0 aromatic heterocycles. The summed E-state index contributed by atoms with van der Waals surface area (Å²) in [5.41, 5.74) is 0.347. The summed E-state index contributed by atoms with van der Waals surface area (Å²) in [7, 11) is 3.55. The molecule has 0 bridgehead atoms. The molecule has 1 aromatic rings. The predicted molar refractivity (Wildman–Crippen MR) is 75.8 cm³/mol. The number of amides is 1. The van der Waals surface area contributed by atoms with E-state index < -0.39 is 9.96 Å². The number of hydrogen-bond donors (Lipinski definition) is 2. The van der Waals surface area contributed by atoms with Crippen molar-refractivity contribution in [1.29, 1.82) is 0 Å². The van der Waals surface area contributed by atoms with E-state index in [-0.39, 0.29) is 5.91 Å². The van der Waals surface area contributed by atoms with Crippen LogP contribution < -0.4 is 10.2 Å². The maximum atomic E-state index is 12.0.